The van der Waals surface area contributed by atoms with Gasteiger partial charge in [-0.15, -0.1) is 10.2 Å². The summed E-state index contributed by atoms with van der Waals surface area (Å²) in [6.45, 7) is 0.170. The van der Waals surface area contributed by atoms with Gasteiger partial charge in [-0.25, -0.2) is 0 Å². The summed E-state index contributed by atoms with van der Waals surface area (Å²) in [5.74, 6) is 0.283. The maximum absolute atomic E-state index is 13.3. The highest BCUT2D eigenvalue weighted by Crippen LogP contribution is 2.35. The molecule has 0 fully saturated rings. The van der Waals surface area contributed by atoms with Crippen LogP contribution >= 0.6 is 11.3 Å². The van der Waals surface area contributed by atoms with Gasteiger partial charge in [0, 0.05) is 0 Å². The Hall–Kier alpha value is -1.87. The molecule has 0 radical (unpaired) electrons. The number of alkyl halides is 3. The number of nitrogens with zero attached hydrogens (tertiary/aromatic N) is 2. The van der Waals surface area contributed by atoms with Crippen molar-refractivity contribution in [2.75, 3.05) is 7.11 Å². The first-order valence-corrected chi connectivity index (χ1v) is 7.70. The van der Waals surface area contributed by atoms with Crippen LogP contribution in [-0.4, -0.2) is 35.6 Å². The molecule has 1 aliphatic heterocycles. The molecular weight excluding hydrogens is 331 g/mol. The highest BCUT2D eigenvalue weighted by Gasteiger charge is 2.49. The van der Waals surface area contributed by atoms with Crippen LogP contribution in [0.25, 0.3) is 0 Å². The van der Waals surface area contributed by atoms with Gasteiger partial charge in [0.2, 0.25) is 6.10 Å². The molecule has 0 bridgehead atoms. The summed E-state index contributed by atoms with van der Waals surface area (Å²) in [5, 5.41) is 11.4. The Balaban J connectivity index is 1.75. The predicted octanol–water partition coefficient (Wildman–Crippen LogP) is 2.57. The van der Waals surface area contributed by atoms with Crippen molar-refractivity contribution in [2.24, 2.45) is 0 Å². The summed E-state index contributed by atoms with van der Waals surface area (Å²) in [5.41, 5.74) is 0.750. The largest absolute Gasteiger partial charge is 0.479 e. The zero-order valence-electron chi connectivity index (χ0n) is 12.1. The van der Waals surface area contributed by atoms with Gasteiger partial charge in [0.25, 0.3) is 5.19 Å². The Bertz CT molecular complexity index is 677. The van der Waals surface area contributed by atoms with Crippen molar-refractivity contribution in [3.63, 3.8) is 0 Å². The number of benzene rings is 1. The molecule has 124 valence electrons. The first-order chi connectivity index (χ1) is 11.0. The molecule has 0 amide bonds. The Morgan fingerprint density at radius 2 is 2.13 bits per heavy atom. The lowest BCUT2D eigenvalue weighted by molar-refractivity contribution is -0.206. The smallest absolute Gasteiger partial charge is 0.426 e. The van der Waals surface area contributed by atoms with E-state index in [4.69, 9.17) is 9.47 Å². The number of ether oxygens (including phenoxy) is 2. The van der Waals surface area contributed by atoms with Crippen LogP contribution in [0.15, 0.2) is 24.3 Å². The summed E-state index contributed by atoms with van der Waals surface area (Å²) in [4.78, 5) is 0. The van der Waals surface area contributed by atoms with Gasteiger partial charge in [-0.05, 0) is 18.1 Å². The van der Waals surface area contributed by atoms with E-state index in [1.807, 2.05) is 0 Å². The average molecular weight is 345 g/mol. The zero-order chi connectivity index (χ0) is 16.4. The summed E-state index contributed by atoms with van der Waals surface area (Å²) >= 11 is 1.19. The number of methoxy groups -OCH3 is 1. The number of hydrogen-bond acceptors (Lipinski definition) is 6. The van der Waals surface area contributed by atoms with E-state index < -0.39 is 18.3 Å². The highest BCUT2D eigenvalue weighted by molar-refractivity contribution is 7.13. The van der Waals surface area contributed by atoms with E-state index in [2.05, 4.69) is 15.5 Å². The SMILES string of the molecule is COc1nnc(CN[C@@H]2Cc3ccccc3O[C@H]2C(F)(F)F)s1. The number of fused-ring (bicyclic) bond motifs is 1. The van der Waals surface area contributed by atoms with Crippen LogP contribution in [0.1, 0.15) is 10.6 Å². The zero-order valence-corrected chi connectivity index (χ0v) is 12.9. The molecule has 1 aromatic carbocycles. The van der Waals surface area contributed by atoms with E-state index in [1.165, 1.54) is 18.4 Å². The van der Waals surface area contributed by atoms with Gasteiger partial charge in [0.05, 0.1) is 19.7 Å². The van der Waals surface area contributed by atoms with E-state index >= 15 is 0 Å². The number of rotatable bonds is 4. The first kappa shape index (κ1) is 16.0. The standard InChI is InChI=1S/C14H14F3N3O2S/c1-21-13-20-19-11(23-13)7-18-9-6-8-4-2-3-5-10(8)22-12(9)14(15,16)17/h2-5,9,12,18H,6-7H2,1H3/t9-,12-/m1/s1. The van der Waals surface area contributed by atoms with E-state index in [-0.39, 0.29) is 18.7 Å². The van der Waals surface area contributed by atoms with Crippen LogP contribution in [-0.2, 0) is 13.0 Å². The van der Waals surface area contributed by atoms with Crippen molar-refractivity contribution in [2.45, 2.75) is 31.3 Å². The Morgan fingerprint density at radius 1 is 1.35 bits per heavy atom. The molecule has 2 heterocycles. The third kappa shape index (κ3) is 3.56. The van der Waals surface area contributed by atoms with E-state index in [1.54, 1.807) is 24.3 Å². The second-order valence-electron chi connectivity index (χ2n) is 5.05. The summed E-state index contributed by atoms with van der Waals surface area (Å²) in [6.07, 6.45) is -6.12. The molecule has 0 saturated carbocycles. The van der Waals surface area contributed by atoms with Gasteiger partial charge < -0.3 is 14.8 Å². The monoisotopic (exact) mass is 345 g/mol. The number of para-hydroxylation sites is 1. The van der Waals surface area contributed by atoms with E-state index in [9.17, 15) is 13.2 Å². The third-order valence-electron chi connectivity index (χ3n) is 3.49. The molecule has 1 aliphatic rings. The van der Waals surface area contributed by atoms with Crippen LogP contribution in [0.4, 0.5) is 13.2 Å². The molecule has 0 unspecified atom stereocenters. The Labute approximate surface area is 134 Å². The Morgan fingerprint density at radius 3 is 2.83 bits per heavy atom. The van der Waals surface area contributed by atoms with E-state index in [0.29, 0.717) is 10.2 Å². The molecule has 2 atom stereocenters. The average Bonchev–Trinajstić information content (AvgIpc) is 2.99. The Kier molecular flexibility index (Phi) is 4.40. The number of hydrogen-bond donors (Lipinski definition) is 1. The van der Waals surface area contributed by atoms with Crippen molar-refractivity contribution in [1.82, 2.24) is 15.5 Å². The summed E-state index contributed by atoms with van der Waals surface area (Å²) < 4.78 is 49.9. The fourth-order valence-corrected chi connectivity index (χ4v) is 3.04. The molecule has 2 aromatic rings. The van der Waals surface area contributed by atoms with Crippen molar-refractivity contribution >= 4 is 11.3 Å². The first-order valence-electron chi connectivity index (χ1n) is 6.88. The van der Waals surface area contributed by atoms with Crippen LogP contribution in [0.5, 0.6) is 10.9 Å². The van der Waals surface area contributed by atoms with Crippen molar-refractivity contribution in [3.8, 4) is 10.9 Å². The van der Waals surface area contributed by atoms with E-state index in [0.717, 1.165) is 5.56 Å². The van der Waals surface area contributed by atoms with Crippen LogP contribution in [0.2, 0.25) is 0 Å². The van der Waals surface area contributed by atoms with Gasteiger partial charge in [-0.1, -0.05) is 29.5 Å². The molecule has 5 nitrogen and oxygen atoms in total. The molecule has 9 heteroatoms. The van der Waals surface area contributed by atoms with Gasteiger partial charge >= 0.3 is 6.18 Å². The molecule has 0 spiro atoms. The van der Waals surface area contributed by atoms with Gasteiger partial charge in [-0.3, -0.25) is 0 Å². The normalized spacial score (nSPS) is 20.7. The fourth-order valence-electron chi connectivity index (χ4n) is 2.44. The molecule has 1 aromatic heterocycles. The quantitative estimate of drug-likeness (QED) is 0.923. The second-order valence-corrected chi connectivity index (χ2v) is 6.07. The van der Waals surface area contributed by atoms with Crippen molar-refractivity contribution in [3.05, 3.63) is 34.8 Å². The van der Waals surface area contributed by atoms with Gasteiger partial charge in [0.1, 0.15) is 10.8 Å². The molecule has 0 aliphatic carbocycles. The van der Waals surface area contributed by atoms with Gasteiger partial charge in [-0.2, -0.15) is 13.2 Å². The highest BCUT2D eigenvalue weighted by atomic mass is 32.1. The molecule has 0 saturated heterocycles. The fraction of sp³-hybridized carbons (Fsp3) is 0.429. The molecule has 3 rings (SSSR count). The molecular formula is C14H14F3N3O2S. The minimum Gasteiger partial charge on any atom is -0.479 e. The molecule has 23 heavy (non-hydrogen) atoms. The third-order valence-corrected chi connectivity index (χ3v) is 4.38. The summed E-state index contributed by atoms with van der Waals surface area (Å²) in [6, 6.07) is 5.88. The number of halogens is 3. The lowest BCUT2D eigenvalue weighted by Crippen LogP contribution is -2.54. The molecule has 1 N–H and O–H groups in total. The summed E-state index contributed by atoms with van der Waals surface area (Å²) in [7, 11) is 1.46. The number of aromatic nitrogens is 2. The minimum absolute atomic E-state index is 0.170. The lowest BCUT2D eigenvalue weighted by atomic mass is 9.96. The predicted molar refractivity (Wildman–Crippen MR) is 77.7 cm³/mol. The second kappa shape index (κ2) is 6.32. The number of nitrogens with one attached hydrogen (secondary N) is 1. The van der Waals surface area contributed by atoms with Crippen LogP contribution in [0.3, 0.4) is 0 Å². The van der Waals surface area contributed by atoms with Crippen molar-refractivity contribution in [1.29, 1.82) is 0 Å². The maximum Gasteiger partial charge on any atom is 0.426 e. The van der Waals surface area contributed by atoms with Crippen molar-refractivity contribution < 1.29 is 22.6 Å². The maximum atomic E-state index is 13.3. The van der Waals surface area contributed by atoms with Crippen LogP contribution in [0, 0.1) is 0 Å². The van der Waals surface area contributed by atoms with Gasteiger partial charge in [0.15, 0.2) is 0 Å². The lowest BCUT2D eigenvalue weighted by Gasteiger charge is -2.35. The minimum atomic E-state index is -4.45. The van der Waals surface area contributed by atoms with Crippen LogP contribution < -0.4 is 14.8 Å². The topological polar surface area (TPSA) is 56.3 Å².